The Balaban J connectivity index is 2.21. The van der Waals surface area contributed by atoms with Crippen molar-refractivity contribution in [3.05, 3.63) is 74.9 Å². The predicted molar refractivity (Wildman–Crippen MR) is 102 cm³/mol. The molecule has 2 aromatic rings. The number of nitrogens with zero attached hydrogens (tertiary/aromatic N) is 2. The molecule has 0 heterocycles. The van der Waals surface area contributed by atoms with Crippen LogP contribution in [-0.2, 0) is 9.53 Å². The van der Waals surface area contributed by atoms with E-state index >= 15 is 0 Å². The third-order valence-corrected chi connectivity index (χ3v) is 3.79. The Labute approximate surface area is 164 Å². The number of nitro groups is 1. The lowest BCUT2D eigenvalue weighted by Gasteiger charge is -2.08. The molecule has 2 aromatic carbocycles. The number of esters is 1. The molecule has 0 atom stereocenters. The molecule has 10 heteroatoms. The van der Waals surface area contributed by atoms with E-state index in [0.29, 0.717) is 5.69 Å². The maximum Gasteiger partial charge on any atom is 0.339 e. The molecule has 0 aliphatic heterocycles. The molecule has 142 valence electrons. The van der Waals surface area contributed by atoms with E-state index in [1.807, 2.05) is 0 Å². The first kappa shape index (κ1) is 20.4. The van der Waals surface area contributed by atoms with Crippen LogP contribution in [-0.4, -0.2) is 23.9 Å². The second kappa shape index (κ2) is 9.16. The largest absolute Gasteiger partial charge is 0.465 e. The van der Waals surface area contributed by atoms with Crippen molar-refractivity contribution in [2.24, 2.45) is 0 Å². The third-order valence-electron chi connectivity index (χ3n) is 3.47. The van der Waals surface area contributed by atoms with Gasteiger partial charge in [-0.3, -0.25) is 14.9 Å². The van der Waals surface area contributed by atoms with E-state index in [1.165, 1.54) is 25.3 Å². The standard InChI is InChI=1S/C18H13ClN4O5/c1-28-18(25)13-4-2-3-5-15(13)21-10-11(9-20)17(24)22-12-6-7-14(19)16(8-12)23(26)27/h2-8,10,21H,1H3,(H,22,24)/b11-10-. The fraction of sp³-hybridized carbons (Fsp3) is 0.0556. The number of carbonyl (C=O) groups is 2. The maximum absolute atomic E-state index is 12.3. The lowest BCUT2D eigenvalue weighted by molar-refractivity contribution is -0.384. The van der Waals surface area contributed by atoms with Crippen LogP contribution < -0.4 is 10.6 Å². The van der Waals surface area contributed by atoms with Gasteiger partial charge in [-0.15, -0.1) is 0 Å². The lowest BCUT2D eigenvalue weighted by atomic mass is 10.2. The highest BCUT2D eigenvalue weighted by atomic mass is 35.5. The number of para-hydroxylation sites is 1. The molecule has 0 unspecified atom stereocenters. The van der Waals surface area contributed by atoms with Crippen LogP contribution in [0.5, 0.6) is 0 Å². The fourth-order valence-electron chi connectivity index (χ4n) is 2.12. The summed E-state index contributed by atoms with van der Waals surface area (Å²) in [5, 5.41) is 25.1. The van der Waals surface area contributed by atoms with Crippen molar-refractivity contribution in [2.45, 2.75) is 0 Å². The molecule has 0 saturated heterocycles. The highest BCUT2D eigenvalue weighted by Gasteiger charge is 2.16. The van der Waals surface area contributed by atoms with Gasteiger partial charge in [-0.1, -0.05) is 23.7 Å². The van der Waals surface area contributed by atoms with Gasteiger partial charge in [-0.2, -0.15) is 5.26 Å². The van der Waals surface area contributed by atoms with E-state index in [0.717, 1.165) is 12.3 Å². The Bertz CT molecular complexity index is 1010. The lowest BCUT2D eigenvalue weighted by Crippen LogP contribution is -2.15. The first-order valence-electron chi connectivity index (χ1n) is 7.66. The summed E-state index contributed by atoms with van der Waals surface area (Å²) in [4.78, 5) is 34.2. The van der Waals surface area contributed by atoms with Crippen LogP contribution in [0.4, 0.5) is 17.1 Å². The topological polar surface area (TPSA) is 134 Å². The third kappa shape index (κ3) is 4.84. The second-order valence-corrected chi connectivity index (χ2v) is 5.64. The Hall–Kier alpha value is -3.90. The van der Waals surface area contributed by atoms with Gasteiger partial charge in [0.05, 0.1) is 23.3 Å². The number of nitriles is 1. The zero-order valence-electron chi connectivity index (χ0n) is 14.4. The van der Waals surface area contributed by atoms with Crippen LogP contribution in [0.15, 0.2) is 54.2 Å². The van der Waals surface area contributed by atoms with E-state index < -0.39 is 16.8 Å². The van der Waals surface area contributed by atoms with Crippen LogP contribution in [0.3, 0.4) is 0 Å². The molecule has 2 rings (SSSR count). The summed E-state index contributed by atoms with van der Waals surface area (Å²) in [6, 6.07) is 11.8. The number of methoxy groups -OCH3 is 1. The number of anilines is 2. The van der Waals surface area contributed by atoms with Gasteiger partial charge in [-0.05, 0) is 24.3 Å². The van der Waals surface area contributed by atoms with Crippen LogP contribution >= 0.6 is 11.6 Å². The maximum atomic E-state index is 12.3. The normalized spacial score (nSPS) is 10.5. The minimum absolute atomic E-state index is 0.0832. The number of benzene rings is 2. The summed E-state index contributed by atoms with van der Waals surface area (Å²) in [6.45, 7) is 0. The minimum atomic E-state index is -0.804. The molecule has 0 spiro atoms. The molecule has 0 saturated carbocycles. The van der Waals surface area contributed by atoms with E-state index in [2.05, 4.69) is 15.4 Å². The smallest absolute Gasteiger partial charge is 0.339 e. The Morgan fingerprint density at radius 1 is 1.29 bits per heavy atom. The van der Waals surface area contributed by atoms with Crippen molar-refractivity contribution in [1.82, 2.24) is 0 Å². The Morgan fingerprint density at radius 2 is 2.00 bits per heavy atom. The molecule has 9 nitrogen and oxygen atoms in total. The Morgan fingerprint density at radius 3 is 2.64 bits per heavy atom. The first-order chi connectivity index (χ1) is 13.4. The molecule has 0 aromatic heterocycles. The zero-order valence-corrected chi connectivity index (χ0v) is 15.2. The van der Waals surface area contributed by atoms with Crippen LogP contribution in [0, 0.1) is 21.4 Å². The van der Waals surface area contributed by atoms with Gasteiger partial charge in [0.2, 0.25) is 0 Å². The number of halogens is 1. The van der Waals surface area contributed by atoms with Crippen LogP contribution in [0.1, 0.15) is 10.4 Å². The highest BCUT2D eigenvalue weighted by Crippen LogP contribution is 2.27. The molecular formula is C18H13ClN4O5. The summed E-state index contributed by atoms with van der Waals surface area (Å²) in [6.07, 6.45) is 1.11. The van der Waals surface area contributed by atoms with Crippen LogP contribution in [0.25, 0.3) is 0 Å². The first-order valence-corrected chi connectivity index (χ1v) is 8.04. The SMILES string of the molecule is COC(=O)c1ccccc1N/C=C(/C#N)C(=O)Nc1ccc(Cl)c([N+](=O)[O-])c1. The van der Waals surface area contributed by atoms with E-state index in [4.69, 9.17) is 11.6 Å². The van der Waals surface area contributed by atoms with Crippen molar-refractivity contribution in [1.29, 1.82) is 5.26 Å². The summed E-state index contributed by atoms with van der Waals surface area (Å²) in [5.74, 6) is -1.39. The number of hydrogen-bond donors (Lipinski definition) is 2. The Kier molecular flexibility index (Phi) is 6.68. The quantitative estimate of drug-likeness (QED) is 0.249. The highest BCUT2D eigenvalue weighted by molar-refractivity contribution is 6.32. The van der Waals surface area contributed by atoms with Crippen molar-refractivity contribution < 1.29 is 19.2 Å². The van der Waals surface area contributed by atoms with Gasteiger partial charge in [0.25, 0.3) is 11.6 Å². The van der Waals surface area contributed by atoms with Gasteiger partial charge in [0.15, 0.2) is 0 Å². The summed E-state index contributed by atoms with van der Waals surface area (Å²) in [7, 11) is 1.23. The second-order valence-electron chi connectivity index (χ2n) is 5.23. The monoisotopic (exact) mass is 400 g/mol. The zero-order chi connectivity index (χ0) is 20.7. The number of nitrogens with one attached hydrogen (secondary N) is 2. The molecule has 28 heavy (non-hydrogen) atoms. The summed E-state index contributed by atoms with van der Waals surface area (Å²) < 4.78 is 4.67. The number of amides is 1. The minimum Gasteiger partial charge on any atom is -0.465 e. The molecule has 0 aliphatic rings. The van der Waals surface area contributed by atoms with Gasteiger partial charge < -0.3 is 15.4 Å². The molecule has 1 amide bonds. The van der Waals surface area contributed by atoms with Gasteiger partial charge in [0, 0.05) is 18.0 Å². The van der Waals surface area contributed by atoms with E-state index in [9.17, 15) is 25.0 Å². The average molecular weight is 401 g/mol. The van der Waals surface area contributed by atoms with Crippen molar-refractivity contribution in [2.75, 3.05) is 17.7 Å². The molecular weight excluding hydrogens is 388 g/mol. The van der Waals surface area contributed by atoms with Crippen molar-refractivity contribution >= 4 is 40.5 Å². The summed E-state index contributed by atoms with van der Waals surface area (Å²) >= 11 is 5.72. The van der Waals surface area contributed by atoms with Crippen molar-refractivity contribution in [3.63, 3.8) is 0 Å². The predicted octanol–water partition coefficient (Wildman–Crippen LogP) is 3.49. The summed E-state index contributed by atoms with van der Waals surface area (Å²) in [5.41, 5.74) is -0.0640. The van der Waals surface area contributed by atoms with Gasteiger partial charge in [-0.25, -0.2) is 4.79 Å². The number of nitro benzene ring substituents is 1. The van der Waals surface area contributed by atoms with Gasteiger partial charge >= 0.3 is 5.97 Å². The number of rotatable bonds is 6. The molecule has 0 radical (unpaired) electrons. The number of ether oxygens (including phenoxy) is 1. The van der Waals surface area contributed by atoms with Gasteiger partial charge in [0.1, 0.15) is 16.7 Å². The van der Waals surface area contributed by atoms with E-state index in [1.54, 1.807) is 24.3 Å². The average Bonchev–Trinajstić information content (AvgIpc) is 2.69. The van der Waals surface area contributed by atoms with Crippen molar-refractivity contribution in [3.8, 4) is 6.07 Å². The number of carbonyl (C=O) groups excluding carboxylic acids is 2. The fourth-order valence-corrected chi connectivity index (χ4v) is 2.31. The molecule has 0 fully saturated rings. The molecule has 0 bridgehead atoms. The number of hydrogen-bond acceptors (Lipinski definition) is 7. The van der Waals surface area contributed by atoms with E-state index in [-0.39, 0.29) is 27.5 Å². The molecule has 0 aliphatic carbocycles. The van der Waals surface area contributed by atoms with Crippen LogP contribution in [0.2, 0.25) is 5.02 Å². The molecule has 2 N–H and O–H groups in total.